The molecule has 2 rings (SSSR count). The Morgan fingerprint density at radius 2 is 2.57 bits per heavy atom. The molecule has 0 spiro atoms. The quantitative estimate of drug-likeness (QED) is 0.810. The van der Waals surface area contributed by atoms with Crippen molar-refractivity contribution in [3.05, 3.63) is 16.1 Å². The molecule has 1 saturated heterocycles. The Bertz CT molecular complexity index is 305. The maximum atomic E-state index is 10.2. The molecule has 1 unspecified atom stereocenters. The summed E-state index contributed by atoms with van der Waals surface area (Å²) in [5.41, 5.74) is 0.355. The van der Waals surface area contributed by atoms with E-state index in [-0.39, 0.29) is 0 Å². The van der Waals surface area contributed by atoms with E-state index in [1.54, 1.807) is 11.3 Å². The fourth-order valence-electron chi connectivity index (χ4n) is 1.74. The third kappa shape index (κ3) is 2.32. The zero-order valence-corrected chi connectivity index (χ0v) is 9.14. The van der Waals surface area contributed by atoms with Crippen LogP contribution in [-0.2, 0) is 11.2 Å². The molecule has 1 aliphatic heterocycles. The number of hydrogen-bond donors (Lipinski definition) is 1. The van der Waals surface area contributed by atoms with E-state index < -0.39 is 5.60 Å². The van der Waals surface area contributed by atoms with Crippen LogP contribution in [0.3, 0.4) is 0 Å². The molecular weight excluding hydrogens is 198 g/mol. The van der Waals surface area contributed by atoms with E-state index in [1.807, 2.05) is 12.3 Å². The van der Waals surface area contributed by atoms with Gasteiger partial charge in [-0.05, 0) is 19.8 Å². The fourth-order valence-corrected chi connectivity index (χ4v) is 2.65. The molecule has 1 fully saturated rings. The first-order valence-electron chi connectivity index (χ1n) is 4.89. The number of rotatable bonds is 2. The number of ether oxygens (including phenoxy) is 1. The van der Waals surface area contributed by atoms with Crippen LogP contribution in [-0.4, -0.2) is 28.9 Å². The van der Waals surface area contributed by atoms with Crippen molar-refractivity contribution in [3.8, 4) is 0 Å². The van der Waals surface area contributed by atoms with Crippen LogP contribution in [0.2, 0.25) is 0 Å². The predicted octanol–water partition coefficient (Wildman–Crippen LogP) is 1.54. The van der Waals surface area contributed by atoms with Gasteiger partial charge in [0.15, 0.2) is 0 Å². The average molecular weight is 213 g/mol. The molecule has 1 atom stereocenters. The van der Waals surface area contributed by atoms with Gasteiger partial charge in [-0.25, -0.2) is 4.98 Å². The number of aromatic nitrogens is 1. The predicted molar refractivity (Wildman–Crippen MR) is 55.6 cm³/mol. The van der Waals surface area contributed by atoms with Gasteiger partial charge < -0.3 is 9.84 Å². The Morgan fingerprint density at radius 1 is 1.71 bits per heavy atom. The van der Waals surface area contributed by atoms with Crippen molar-refractivity contribution in [3.63, 3.8) is 0 Å². The first-order chi connectivity index (χ1) is 6.68. The number of aryl methyl sites for hydroxylation is 1. The van der Waals surface area contributed by atoms with Gasteiger partial charge in [-0.3, -0.25) is 0 Å². The normalized spacial score (nSPS) is 27.9. The first-order valence-corrected chi connectivity index (χ1v) is 5.77. The third-order valence-electron chi connectivity index (χ3n) is 2.45. The maximum absolute atomic E-state index is 10.2. The first kappa shape index (κ1) is 10.1. The molecule has 2 heterocycles. The lowest BCUT2D eigenvalue weighted by molar-refractivity contribution is -0.0845. The molecule has 1 aliphatic rings. The highest BCUT2D eigenvalue weighted by atomic mass is 32.1. The van der Waals surface area contributed by atoms with Gasteiger partial charge in [-0.15, -0.1) is 11.3 Å². The van der Waals surface area contributed by atoms with Crippen molar-refractivity contribution >= 4 is 11.3 Å². The summed E-state index contributed by atoms with van der Waals surface area (Å²) >= 11 is 1.62. The van der Waals surface area contributed by atoms with Crippen LogP contribution in [0.5, 0.6) is 0 Å². The van der Waals surface area contributed by atoms with Crippen molar-refractivity contribution in [2.75, 3.05) is 13.2 Å². The minimum absolute atomic E-state index is 0.450. The lowest BCUT2D eigenvalue weighted by Crippen LogP contribution is -2.40. The lowest BCUT2D eigenvalue weighted by Gasteiger charge is -2.31. The Morgan fingerprint density at radius 3 is 3.14 bits per heavy atom. The molecule has 0 amide bonds. The molecule has 1 N–H and O–H groups in total. The van der Waals surface area contributed by atoms with E-state index in [0.717, 1.165) is 30.2 Å². The van der Waals surface area contributed by atoms with E-state index in [4.69, 9.17) is 4.74 Å². The Kier molecular flexibility index (Phi) is 2.85. The number of aliphatic hydroxyl groups is 1. The zero-order chi connectivity index (χ0) is 10.0. The fraction of sp³-hybridized carbons (Fsp3) is 0.700. The summed E-state index contributed by atoms with van der Waals surface area (Å²) in [6.45, 7) is 3.20. The molecule has 78 valence electrons. The second-order valence-electron chi connectivity index (χ2n) is 3.94. The van der Waals surface area contributed by atoms with Crippen LogP contribution in [0.25, 0.3) is 0 Å². The minimum Gasteiger partial charge on any atom is -0.387 e. The Hall–Kier alpha value is -0.450. The molecule has 0 aromatic carbocycles. The summed E-state index contributed by atoms with van der Waals surface area (Å²) in [7, 11) is 0. The molecule has 1 aromatic rings. The SMILES string of the molecule is Cc1csc(CC2(O)CCCOC2)n1. The number of thiazole rings is 1. The van der Waals surface area contributed by atoms with Crippen molar-refractivity contribution < 1.29 is 9.84 Å². The van der Waals surface area contributed by atoms with E-state index in [2.05, 4.69) is 4.98 Å². The minimum atomic E-state index is -0.678. The molecule has 0 aliphatic carbocycles. The second kappa shape index (κ2) is 3.96. The van der Waals surface area contributed by atoms with Crippen molar-refractivity contribution in [1.82, 2.24) is 4.98 Å². The van der Waals surface area contributed by atoms with Crippen LogP contribution in [0.15, 0.2) is 5.38 Å². The molecular formula is C10H15NO2S. The van der Waals surface area contributed by atoms with Crippen LogP contribution in [0, 0.1) is 6.92 Å². The van der Waals surface area contributed by atoms with Crippen molar-refractivity contribution in [2.45, 2.75) is 31.8 Å². The molecule has 1 aromatic heterocycles. The topological polar surface area (TPSA) is 42.4 Å². The van der Waals surface area contributed by atoms with Gasteiger partial charge in [-0.2, -0.15) is 0 Å². The van der Waals surface area contributed by atoms with E-state index >= 15 is 0 Å². The molecule has 14 heavy (non-hydrogen) atoms. The van der Waals surface area contributed by atoms with Crippen LogP contribution in [0.4, 0.5) is 0 Å². The highest BCUT2D eigenvalue weighted by molar-refractivity contribution is 7.09. The Balaban J connectivity index is 2.01. The summed E-state index contributed by atoms with van der Waals surface area (Å²) < 4.78 is 5.29. The summed E-state index contributed by atoms with van der Waals surface area (Å²) in [5, 5.41) is 13.2. The molecule has 0 radical (unpaired) electrons. The monoisotopic (exact) mass is 213 g/mol. The van der Waals surface area contributed by atoms with Gasteiger partial charge in [0, 0.05) is 24.1 Å². The second-order valence-corrected chi connectivity index (χ2v) is 4.88. The third-order valence-corrected chi connectivity index (χ3v) is 3.42. The maximum Gasteiger partial charge on any atom is 0.0957 e. The van der Waals surface area contributed by atoms with Gasteiger partial charge in [0.1, 0.15) is 0 Å². The van der Waals surface area contributed by atoms with Crippen LogP contribution in [0.1, 0.15) is 23.5 Å². The standard InChI is InChI=1S/C10H15NO2S/c1-8-6-14-9(11-8)5-10(12)3-2-4-13-7-10/h6,12H,2-5,7H2,1H3. The number of nitrogens with zero attached hydrogens (tertiary/aromatic N) is 1. The van der Waals surface area contributed by atoms with Gasteiger partial charge in [0.05, 0.1) is 17.2 Å². The van der Waals surface area contributed by atoms with Gasteiger partial charge in [0.2, 0.25) is 0 Å². The summed E-state index contributed by atoms with van der Waals surface area (Å²) in [6, 6.07) is 0. The van der Waals surface area contributed by atoms with Gasteiger partial charge >= 0.3 is 0 Å². The smallest absolute Gasteiger partial charge is 0.0957 e. The summed E-state index contributed by atoms with van der Waals surface area (Å²) in [6.07, 6.45) is 2.40. The highest BCUT2D eigenvalue weighted by Gasteiger charge is 2.31. The number of hydrogen-bond acceptors (Lipinski definition) is 4. The molecule has 0 bridgehead atoms. The summed E-state index contributed by atoms with van der Waals surface area (Å²) in [5.74, 6) is 0. The molecule has 3 nitrogen and oxygen atoms in total. The van der Waals surface area contributed by atoms with Crippen molar-refractivity contribution in [2.24, 2.45) is 0 Å². The highest BCUT2D eigenvalue weighted by Crippen LogP contribution is 2.24. The van der Waals surface area contributed by atoms with E-state index in [0.29, 0.717) is 13.0 Å². The average Bonchev–Trinajstić information content (AvgIpc) is 2.51. The van der Waals surface area contributed by atoms with Crippen LogP contribution >= 0.6 is 11.3 Å². The van der Waals surface area contributed by atoms with E-state index in [9.17, 15) is 5.11 Å². The molecule has 0 saturated carbocycles. The van der Waals surface area contributed by atoms with Crippen LogP contribution < -0.4 is 0 Å². The summed E-state index contributed by atoms with van der Waals surface area (Å²) in [4.78, 5) is 4.35. The van der Waals surface area contributed by atoms with Gasteiger partial charge in [0.25, 0.3) is 0 Å². The van der Waals surface area contributed by atoms with E-state index in [1.165, 1.54) is 0 Å². The van der Waals surface area contributed by atoms with Crippen molar-refractivity contribution in [1.29, 1.82) is 0 Å². The van der Waals surface area contributed by atoms with Gasteiger partial charge in [-0.1, -0.05) is 0 Å². The zero-order valence-electron chi connectivity index (χ0n) is 8.32. The Labute approximate surface area is 87.7 Å². The largest absolute Gasteiger partial charge is 0.387 e. The molecule has 4 heteroatoms. The lowest BCUT2D eigenvalue weighted by atomic mass is 9.93.